The van der Waals surface area contributed by atoms with E-state index in [4.69, 9.17) is 0 Å². The van der Waals surface area contributed by atoms with Crippen LogP contribution in [0.4, 0.5) is 9.59 Å². The number of rotatable bonds is 2. The summed E-state index contributed by atoms with van der Waals surface area (Å²) in [6, 6.07) is 0. The third-order valence-electron chi connectivity index (χ3n) is 2.31. The number of hydrogen-bond donors (Lipinski definition) is 1. The summed E-state index contributed by atoms with van der Waals surface area (Å²) in [4.78, 5) is 22.3. The predicted octanol–water partition coefficient (Wildman–Crippen LogP) is 2.92. The molecule has 1 aliphatic carbocycles. The number of alkyl carbamates (subject to hydrolysis) is 1. The van der Waals surface area contributed by atoms with Crippen LogP contribution in [0.3, 0.4) is 0 Å². The highest BCUT2D eigenvalue weighted by atomic mass is 32.2. The molecule has 0 aromatic heterocycles. The average molecular weight is 231 g/mol. The highest BCUT2D eigenvalue weighted by molar-refractivity contribution is 8.14. The summed E-state index contributed by atoms with van der Waals surface area (Å²) in [6.45, 7) is 1.99. The first kappa shape index (κ1) is 12.4. The van der Waals surface area contributed by atoms with Crippen molar-refractivity contribution in [3.05, 3.63) is 0 Å². The fourth-order valence-electron chi connectivity index (χ4n) is 1.61. The van der Waals surface area contributed by atoms with Crippen LogP contribution >= 0.6 is 11.8 Å². The molecule has 0 aromatic carbocycles. The van der Waals surface area contributed by atoms with Crippen molar-refractivity contribution in [2.24, 2.45) is 0 Å². The Hall–Kier alpha value is -0.710. The Morgan fingerprint density at radius 2 is 2.00 bits per heavy atom. The number of ether oxygens (including phenoxy) is 1. The molecule has 0 unspecified atom stereocenters. The fraction of sp³-hybridized carbons (Fsp3) is 0.800. The van der Waals surface area contributed by atoms with E-state index >= 15 is 0 Å². The molecule has 1 fully saturated rings. The summed E-state index contributed by atoms with van der Waals surface area (Å²) in [7, 11) is 0. The molecule has 0 bridgehead atoms. The van der Waals surface area contributed by atoms with E-state index in [1.165, 1.54) is 31.0 Å². The zero-order valence-corrected chi connectivity index (χ0v) is 9.77. The lowest BCUT2D eigenvalue weighted by Crippen LogP contribution is -2.29. The van der Waals surface area contributed by atoms with Gasteiger partial charge in [0.1, 0.15) is 0 Å². The largest absolute Gasteiger partial charge is 0.450 e. The molecule has 1 aliphatic rings. The van der Waals surface area contributed by atoms with E-state index in [1.807, 2.05) is 0 Å². The molecule has 1 rings (SSSR count). The maximum atomic E-state index is 11.3. The molecular formula is C10H17NO3S. The molecule has 0 radical (unpaired) electrons. The van der Waals surface area contributed by atoms with Gasteiger partial charge in [-0.3, -0.25) is 10.1 Å². The summed E-state index contributed by atoms with van der Waals surface area (Å²) in [5, 5.41) is 2.27. The number of amides is 2. The van der Waals surface area contributed by atoms with Crippen LogP contribution in [0.2, 0.25) is 0 Å². The maximum Gasteiger partial charge on any atom is 0.414 e. The van der Waals surface area contributed by atoms with Crippen molar-refractivity contribution < 1.29 is 14.3 Å². The van der Waals surface area contributed by atoms with E-state index in [0.717, 1.165) is 12.8 Å². The molecular weight excluding hydrogens is 214 g/mol. The van der Waals surface area contributed by atoms with Crippen molar-refractivity contribution in [3.63, 3.8) is 0 Å². The molecule has 0 saturated heterocycles. The topological polar surface area (TPSA) is 55.4 Å². The van der Waals surface area contributed by atoms with Crippen molar-refractivity contribution in [3.8, 4) is 0 Å². The molecule has 1 saturated carbocycles. The van der Waals surface area contributed by atoms with Crippen molar-refractivity contribution in [1.82, 2.24) is 5.32 Å². The van der Waals surface area contributed by atoms with Crippen LogP contribution in [-0.2, 0) is 4.74 Å². The lowest BCUT2D eigenvalue weighted by molar-refractivity contribution is 0.155. The standard InChI is InChI=1S/C10H17NO3S/c1-2-14-9(12)11-10(13)15-8-6-4-3-5-7-8/h8H,2-7H2,1H3,(H,11,12,13). The van der Waals surface area contributed by atoms with Crippen LogP contribution in [-0.4, -0.2) is 23.2 Å². The van der Waals surface area contributed by atoms with Gasteiger partial charge in [0.15, 0.2) is 0 Å². The van der Waals surface area contributed by atoms with Crippen molar-refractivity contribution in [2.45, 2.75) is 44.3 Å². The Balaban J connectivity index is 2.19. The minimum Gasteiger partial charge on any atom is -0.450 e. The molecule has 0 aromatic rings. The first-order valence-electron chi connectivity index (χ1n) is 5.36. The van der Waals surface area contributed by atoms with Crippen molar-refractivity contribution in [1.29, 1.82) is 0 Å². The third-order valence-corrected chi connectivity index (χ3v) is 3.43. The number of carbonyl (C=O) groups excluding carboxylic acids is 2. The van der Waals surface area contributed by atoms with Gasteiger partial charge in [0, 0.05) is 5.25 Å². The van der Waals surface area contributed by atoms with Crippen molar-refractivity contribution >= 4 is 23.1 Å². The molecule has 5 heteroatoms. The summed E-state index contributed by atoms with van der Waals surface area (Å²) in [5.41, 5.74) is 0. The summed E-state index contributed by atoms with van der Waals surface area (Å²) < 4.78 is 4.62. The molecule has 0 heterocycles. The number of carbonyl (C=O) groups is 2. The van der Waals surface area contributed by atoms with Crippen LogP contribution < -0.4 is 5.32 Å². The van der Waals surface area contributed by atoms with Crippen LogP contribution in [0.25, 0.3) is 0 Å². The van der Waals surface area contributed by atoms with Gasteiger partial charge in [-0.1, -0.05) is 31.0 Å². The first-order valence-corrected chi connectivity index (χ1v) is 6.24. The summed E-state index contributed by atoms with van der Waals surface area (Å²) >= 11 is 1.22. The molecule has 0 atom stereocenters. The minimum absolute atomic E-state index is 0.285. The lowest BCUT2D eigenvalue weighted by atomic mass is 10.0. The predicted molar refractivity (Wildman–Crippen MR) is 60.0 cm³/mol. The van der Waals surface area contributed by atoms with Crippen LogP contribution in [0.15, 0.2) is 0 Å². The molecule has 1 N–H and O–H groups in total. The number of nitrogens with one attached hydrogen (secondary N) is 1. The van der Waals surface area contributed by atoms with Gasteiger partial charge in [-0.05, 0) is 19.8 Å². The van der Waals surface area contributed by atoms with Gasteiger partial charge in [-0.2, -0.15) is 0 Å². The van der Waals surface area contributed by atoms with Gasteiger partial charge in [0.2, 0.25) is 0 Å². The van der Waals surface area contributed by atoms with E-state index in [-0.39, 0.29) is 11.8 Å². The molecule has 2 amide bonds. The molecule has 86 valence electrons. The van der Waals surface area contributed by atoms with Gasteiger partial charge in [-0.15, -0.1) is 0 Å². The Morgan fingerprint density at radius 3 is 2.60 bits per heavy atom. The number of imide groups is 1. The minimum atomic E-state index is -0.647. The average Bonchev–Trinajstić information content (AvgIpc) is 2.19. The van der Waals surface area contributed by atoms with E-state index < -0.39 is 6.09 Å². The highest BCUT2D eigenvalue weighted by Gasteiger charge is 2.19. The van der Waals surface area contributed by atoms with Gasteiger partial charge in [0.25, 0.3) is 5.24 Å². The van der Waals surface area contributed by atoms with Gasteiger partial charge >= 0.3 is 6.09 Å². The second-order valence-corrected chi connectivity index (χ2v) is 4.78. The second-order valence-electron chi connectivity index (χ2n) is 3.51. The Labute approximate surface area is 94.1 Å². The van der Waals surface area contributed by atoms with E-state index in [0.29, 0.717) is 5.25 Å². The highest BCUT2D eigenvalue weighted by Crippen LogP contribution is 2.28. The lowest BCUT2D eigenvalue weighted by Gasteiger charge is -2.19. The molecule has 0 aliphatic heterocycles. The number of thioether (sulfide) groups is 1. The fourth-order valence-corrected chi connectivity index (χ4v) is 2.63. The SMILES string of the molecule is CCOC(=O)NC(=O)SC1CCCCC1. The first-order chi connectivity index (χ1) is 7.22. The monoisotopic (exact) mass is 231 g/mol. The van der Waals surface area contributed by atoms with E-state index in [2.05, 4.69) is 10.1 Å². The zero-order valence-electron chi connectivity index (χ0n) is 8.95. The van der Waals surface area contributed by atoms with Crippen LogP contribution in [0, 0.1) is 0 Å². The van der Waals surface area contributed by atoms with Crippen LogP contribution in [0.5, 0.6) is 0 Å². The molecule has 4 nitrogen and oxygen atoms in total. The summed E-state index contributed by atoms with van der Waals surface area (Å²) in [5.74, 6) is 0. The normalized spacial score (nSPS) is 17.1. The van der Waals surface area contributed by atoms with Gasteiger partial charge in [0.05, 0.1) is 6.61 Å². The third kappa shape index (κ3) is 5.06. The zero-order chi connectivity index (χ0) is 11.1. The Bertz CT molecular complexity index is 227. The molecule has 15 heavy (non-hydrogen) atoms. The quantitative estimate of drug-likeness (QED) is 0.794. The van der Waals surface area contributed by atoms with Crippen molar-refractivity contribution in [2.75, 3.05) is 6.61 Å². The Morgan fingerprint density at radius 1 is 1.33 bits per heavy atom. The Kier molecular flexibility index (Phi) is 5.53. The molecule has 0 spiro atoms. The second kappa shape index (κ2) is 6.71. The number of hydrogen-bond acceptors (Lipinski definition) is 4. The van der Waals surface area contributed by atoms with E-state index in [1.54, 1.807) is 6.92 Å². The maximum absolute atomic E-state index is 11.3. The summed E-state index contributed by atoms with van der Waals surface area (Å²) in [6.07, 6.45) is 5.12. The smallest absolute Gasteiger partial charge is 0.414 e. The van der Waals surface area contributed by atoms with E-state index in [9.17, 15) is 9.59 Å². The van der Waals surface area contributed by atoms with Gasteiger partial charge in [-0.25, -0.2) is 4.79 Å². The van der Waals surface area contributed by atoms with Crippen LogP contribution in [0.1, 0.15) is 39.0 Å². The van der Waals surface area contributed by atoms with Gasteiger partial charge < -0.3 is 4.74 Å².